The summed E-state index contributed by atoms with van der Waals surface area (Å²) >= 11 is 3.45. The molecule has 2 unspecified atom stereocenters. The second kappa shape index (κ2) is 6.52. The van der Waals surface area contributed by atoms with Crippen LogP contribution in [0.3, 0.4) is 0 Å². The van der Waals surface area contributed by atoms with Gasteiger partial charge in [0.15, 0.2) is 0 Å². The van der Waals surface area contributed by atoms with Gasteiger partial charge in [-0.15, -0.1) is 0 Å². The molecule has 2 atom stereocenters. The van der Waals surface area contributed by atoms with E-state index in [-0.39, 0.29) is 6.10 Å². The van der Waals surface area contributed by atoms with Crippen LogP contribution in [0.25, 0.3) is 0 Å². The zero-order chi connectivity index (χ0) is 13.0. The Morgan fingerprint density at radius 2 is 2.33 bits per heavy atom. The van der Waals surface area contributed by atoms with Gasteiger partial charge in [-0.05, 0) is 24.6 Å². The molecule has 0 aromatic heterocycles. The van der Waals surface area contributed by atoms with Gasteiger partial charge in [0.1, 0.15) is 18.0 Å². The number of ether oxygens (including phenoxy) is 3. The van der Waals surface area contributed by atoms with Crippen LogP contribution in [-0.4, -0.2) is 37.6 Å². The summed E-state index contributed by atoms with van der Waals surface area (Å²) in [5.41, 5.74) is 0.786. The molecular formula is C13H17BrO4. The van der Waals surface area contributed by atoms with E-state index in [4.69, 9.17) is 14.2 Å². The zero-order valence-corrected chi connectivity index (χ0v) is 11.9. The number of benzene rings is 1. The molecule has 1 heterocycles. The highest BCUT2D eigenvalue weighted by Crippen LogP contribution is 2.31. The molecule has 0 saturated carbocycles. The lowest BCUT2D eigenvalue weighted by Gasteiger charge is -2.28. The van der Waals surface area contributed by atoms with Crippen molar-refractivity contribution in [2.24, 2.45) is 0 Å². The van der Waals surface area contributed by atoms with Gasteiger partial charge in [-0.3, -0.25) is 0 Å². The van der Waals surface area contributed by atoms with E-state index in [1.165, 1.54) is 0 Å². The van der Waals surface area contributed by atoms with Crippen molar-refractivity contribution in [3.8, 4) is 5.75 Å². The van der Waals surface area contributed by atoms with E-state index in [9.17, 15) is 5.11 Å². The fraction of sp³-hybridized carbons (Fsp3) is 0.538. The molecule has 18 heavy (non-hydrogen) atoms. The molecular weight excluding hydrogens is 300 g/mol. The fourth-order valence-electron chi connectivity index (χ4n) is 1.89. The lowest BCUT2D eigenvalue weighted by molar-refractivity contribution is -0.133. The number of aliphatic hydroxyl groups is 1. The highest BCUT2D eigenvalue weighted by molar-refractivity contribution is 9.10. The number of aliphatic hydroxyl groups excluding tert-OH is 1. The van der Waals surface area contributed by atoms with Crippen molar-refractivity contribution in [1.29, 1.82) is 0 Å². The van der Waals surface area contributed by atoms with Gasteiger partial charge in [-0.2, -0.15) is 0 Å². The molecule has 5 heteroatoms. The van der Waals surface area contributed by atoms with Crippen LogP contribution in [-0.2, 0) is 9.47 Å². The normalized spacial score (nSPS) is 21.6. The van der Waals surface area contributed by atoms with E-state index < -0.39 is 6.10 Å². The number of hydrogen-bond acceptors (Lipinski definition) is 4. The van der Waals surface area contributed by atoms with Crippen LogP contribution in [0.1, 0.15) is 18.6 Å². The minimum absolute atomic E-state index is 0.312. The number of halogens is 1. The van der Waals surface area contributed by atoms with E-state index in [2.05, 4.69) is 15.9 Å². The summed E-state index contributed by atoms with van der Waals surface area (Å²) in [4.78, 5) is 0. The van der Waals surface area contributed by atoms with Gasteiger partial charge in [0, 0.05) is 4.47 Å². The van der Waals surface area contributed by atoms with Gasteiger partial charge in [0.25, 0.3) is 0 Å². The summed E-state index contributed by atoms with van der Waals surface area (Å²) < 4.78 is 17.0. The van der Waals surface area contributed by atoms with Crippen molar-refractivity contribution in [1.82, 2.24) is 0 Å². The second-order valence-electron chi connectivity index (χ2n) is 4.05. The van der Waals surface area contributed by atoms with Crippen LogP contribution in [0.5, 0.6) is 5.75 Å². The maximum atomic E-state index is 10.3. The molecule has 0 radical (unpaired) electrons. The number of rotatable bonds is 4. The van der Waals surface area contributed by atoms with Gasteiger partial charge in [-0.25, -0.2) is 0 Å². The molecule has 1 aromatic carbocycles. The highest BCUT2D eigenvalue weighted by Gasteiger charge is 2.26. The maximum Gasteiger partial charge on any atom is 0.120 e. The van der Waals surface area contributed by atoms with E-state index in [0.29, 0.717) is 26.4 Å². The van der Waals surface area contributed by atoms with Crippen molar-refractivity contribution in [2.75, 3.05) is 26.4 Å². The molecule has 0 spiro atoms. The summed E-state index contributed by atoms with van der Waals surface area (Å²) in [6, 6.07) is 5.54. The van der Waals surface area contributed by atoms with Crippen molar-refractivity contribution in [3.05, 3.63) is 28.2 Å². The predicted molar refractivity (Wildman–Crippen MR) is 70.8 cm³/mol. The molecule has 1 aliphatic rings. The van der Waals surface area contributed by atoms with Crippen LogP contribution < -0.4 is 4.74 Å². The van der Waals surface area contributed by atoms with E-state index in [1.807, 2.05) is 25.1 Å². The highest BCUT2D eigenvalue weighted by atomic mass is 79.9. The molecule has 1 fully saturated rings. The Hall–Kier alpha value is -0.620. The lowest BCUT2D eigenvalue weighted by Crippen LogP contribution is -2.33. The van der Waals surface area contributed by atoms with Crippen molar-refractivity contribution >= 4 is 15.9 Å². The van der Waals surface area contributed by atoms with Gasteiger partial charge in [-0.1, -0.05) is 22.0 Å². The molecule has 1 aromatic rings. The molecule has 1 saturated heterocycles. The quantitative estimate of drug-likeness (QED) is 0.926. The summed E-state index contributed by atoms with van der Waals surface area (Å²) in [5, 5.41) is 10.3. The smallest absolute Gasteiger partial charge is 0.120 e. The van der Waals surface area contributed by atoms with Gasteiger partial charge in [0.05, 0.1) is 26.4 Å². The SMILES string of the molecule is CCOc1ccc(C(O)C2COCCO2)c(Br)c1. The van der Waals surface area contributed by atoms with Crippen molar-refractivity contribution < 1.29 is 19.3 Å². The average Bonchev–Trinajstić information content (AvgIpc) is 2.40. The fourth-order valence-corrected chi connectivity index (χ4v) is 2.49. The first-order valence-electron chi connectivity index (χ1n) is 6.02. The van der Waals surface area contributed by atoms with Crippen LogP contribution in [0.2, 0.25) is 0 Å². The minimum atomic E-state index is -0.699. The van der Waals surface area contributed by atoms with Crippen molar-refractivity contribution in [3.63, 3.8) is 0 Å². The number of hydrogen-bond donors (Lipinski definition) is 1. The Morgan fingerprint density at radius 3 is 2.94 bits per heavy atom. The summed E-state index contributed by atoms with van der Waals surface area (Å²) in [6.07, 6.45) is -1.01. The third-order valence-corrected chi connectivity index (χ3v) is 3.48. The van der Waals surface area contributed by atoms with Crippen LogP contribution in [0.4, 0.5) is 0 Å². The first-order chi connectivity index (χ1) is 8.72. The monoisotopic (exact) mass is 316 g/mol. The largest absolute Gasteiger partial charge is 0.494 e. The molecule has 100 valence electrons. The Kier molecular flexibility index (Phi) is 5.00. The molecule has 4 nitrogen and oxygen atoms in total. The molecule has 2 rings (SSSR count). The van der Waals surface area contributed by atoms with E-state index in [1.54, 1.807) is 0 Å². The van der Waals surface area contributed by atoms with Crippen molar-refractivity contribution in [2.45, 2.75) is 19.1 Å². The Morgan fingerprint density at radius 1 is 1.50 bits per heavy atom. The Labute approximate surface area is 115 Å². The van der Waals surface area contributed by atoms with E-state index >= 15 is 0 Å². The van der Waals surface area contributed by atoms with Crippen LogP contribution in [0.15, 0.2) is 22.7 Å². The lowest BCUT2D eigenvalue weighted by atomic mass is 10.0. The topological polar surface area (TPSA) is 47.9 Å². The first kappa shape index (κ1) is 13.8. The van der Waals surface area contributed by atoms with E-state index in [0.717, 1.165) is 15.8 Å². The Balaban J connectivity index is 2.11. The molecule has 0 aliphatic carbocycles. The minimum Gasteiger partial charge on any atom is -0.494 e. The summed E-state index contributed by atoms with van der Waals surface area (Å²) in [7, 11) is 0. The molecule has 0 bridgehead atoms. The summed E-state index contributed by atoms with van der Waals surface area (Å²) in [5.74, 6) is 0.779. The van der Waals surface area contributed by atoms with Gasteiger partial charge < -0.3 is 19.3 Å². The van der Waals surface area contributed by atoms with Gasteiger partial charge in [0.2, 0.25) is 0 Å². The average molecular weight is 317 g/mol. The third-order valence-electron chi connectivity index (χ3n) is 2.80. The zero-order valence-electron chi connectivity index (χ0n) is 10.3. The van der Waals surface area contributed by atoms with Gasteiger partial charge >= 0.3 is 0 Å². The summed E-state index contributed by atoms with van der Waals surface area (Å²) in [6.45, 7) is 4.09. The van der Waals surface area contributed by atoms with Crippen LogP contribution >= 0.6 is 15.9 Å². The predicted octanol–water partition coefficient (Wildman–Crippen LogP) is 2.30. The Bertz CT molecular complexity index is 391. The second-order valence-corrected chi connectivity index (χ2v) is 4.90. The molecule has 1 N–H and O–H groups in total. The first-order valence-corrected chi connectivity index (χ1v) is 6.81. The van der Waals surface area contributed by atoms with Crippen LogP contribution in [0, 0.1) is 0 Å². The molecule has 1 aliphatic heterocycles. The third kappa shape index (κ3) is 3.23. The molecule has 0 amide bonds. The maximum absolute atomic E-state index is 10.3. The standard InChI is InChI=1S/C13H17BrO4/c1-2-17-9-3-4-10(11(14)7-9)13(15)12-8-16-5-6-18-12/h3-4,7,12-13,15H,2,5-6,8H2,1H3.